The van der Waals surface area contributed by atoms with Gasteiger partial charge in [-0.2, -0.15) is 0 Å². The molecule has 7 nitrogen and oxygen atoms in total. The Balaban J connectivity index is 1.90. The first kappa shape index (κ1) is 18.2. The number of carbonyl (C=O) groups excluding carboxylic acids is 2. The molecule has 0 saturated carbocycles. The van der Waals surface area contributed by atoms with E-state index >= 15 is 0 Å². The predicted molar refractivity (Wildman–Crippen MR) is 91.0 cm³/mol. The maximum Gasteiger partial charge on any atom is 0.259 e. The Labute approximate surface area is 143 Å². The van der Waals surface area contributed by atoms with Crippen molar-refractivity contribution in [3.63, 3.8) is 0 Å². The lowest BCUT2D eigenvalue weighted by atomic mass is 10.2. The van der Waals surface area contributed by atoms with Crippen molar-refractivity contribution in [2.75, 3.05) is 39.3 Å². The van der Waals surface area contributed by atoms with E-state index in [0.29, 0.717) is 50.8 Å². The van der Waals surface area contributed by atoms with E-state index in [0.717, 1.165) is 0 Å². The van der Waals surface area contributed by atoms with Crippen molar-refractivity contribution in [2.24, 2.45) is 0 Å². The summed E-state index contributed by atoms with van der Waals surface area (Å²) in [5.74, 6) is 0.331. The maximum atomic E-state index is 12.7. The lowest BCUT2D eigenvalue weighted by molar-refractivity contribution is -0.123. The van der Waals surface area contributed by atoms with Gasteiger partial charge in [0.15, 0.2) is 0 Å². The van der Waals surface area contributed by atoms with E-state index in [1.165, 1.54) is 0 Å². The van der Waals surface area contributed by atoms with Gasteiger partial charge >= 0.3 is 0 Å². The molecular weight excluding hydrogens is 308 g/mol. The molecule has 0 radical (unpaired) electrons. The van der Waals surface area contributed by atoms with Crippen molar-refractivity contribution in [1.82, 2.24) is 20.1 Å². The van der Waals surface area contributed by atoms with Gasteiger partial charge in [0, 0.05) is 38.4 Å². The molecule has 24 heavy (non-hydrogen) atoms. The normalized spacial score (nSPS) is 15.4. The summed E-state index contributed by atoms with van der Waals surface area (Å²) >= 11 is 0. The largest absolute Gasteiger partial charge is 0.477 e. The highest BCUT2D eigenvalue weighted by atomic mass is 16.5. The first-order valence-corrected chi connectivity index (χ1v) is 8.40. The average Bonchev–Trinajstić information content (AvgIpc) is 2.55. The van der Waals surface area contributed by atoms with Gasteiger partial charge < -0.3 is 15.0 Å². The fourth-order valence-electron chi connectivity index (χ4n) is 2.66. The van der Waals surface area contributed by atoms with E-state index < -0.39 is 0 Å². The van der Waals surface area contributed by atoms with E-state index in [1.54, 1.807) is 23.2 Å². The van der Waals surface area contributed by atoms with Gasteiger partial charge in [-0.15, -0.1) is 0 Å². The zero-order chi connectivity index (χ0) is 17.5. The summed E-state index contributed by atoms with van der Waals surface area (Å²) in [6.07, 6.45) is 1.62. The maximum absolute atomic E-state index is 12.7. The van der Waals surface area contributed by atoms with Gasteiger partial charge in [-0.05, 0) is 32.9 Å². The van der Waals surface area contributed by atoms with Crippen LogP contribution < -0.4 is 10.1 Å². The highest BCUT2D eigenvalue weighted by molar-refractivity contribution is 5.96. The Morgan fingerprint density at radius 1 is 1.29 bits per heavy atom. The first-order valence-electron chi connectivity index (χ1n) is 8.40. The second-order valence-electron chi connectivity index (χ2n) is 6.08. The minimum absolute atomic E-state index is 0.0238. The number of nitrogens with one attached hydrogen (secondary N) is 1. The molecule has 1 saturated heterocycles. The lowest BCUT2D eigenvalue weighted by Gasteiger charge is -2.34. The molecule has 0 aromatic carbocycles. The first-order chi connectivity index (χ1) is 11.5. The Kier molecular flexibility index (Phi) is 6.54. The molecule has 132 valence electrons. The molecule has 0 aliphatic carbocycles. The monoisotopic (exact) mass is 334 g/mol. The average molecular weight is 334 g/mol. The van der Waals surface area contributed by atoms with Crippen molar-refractivity contribution in [3.8, 4) is 5.88 Å². The van der Waals surface area contributed by atoms with Crippen molar-refractivity contribution in [2.45, 2.75) is 26.8 Å². The molecule has 0 atom stereocenters. The number of hydrogen-bond acceptors (Lipinski definition) is 5. The highest BCUT2D eigenvalue weighted by Crippen LogP contribution is 2.17. The lowest BCUT2D eigenvalue weighted by Crippen LogP contribution is -2.51. The van der Waals surface area contributed by atoms with E-state index in [4.69, 9.17) is 4.74 Å². The third-order valence-corrected chi connectivity index (χ3v) is 3.76. The van der Waals surface area contributed by atoms with Gasteiger partial charge in [0.1, 0.15) is 5.56 Å². The summed E-state index contributed by atoms with van der Waals surface area (Å²) < 4.78 is 5.44. The van der Waals surface area contributed by atoms with Crippen LogP contribution in [0.2, 0.25) is 0 Å². The minimum Gasteiger partial charge on any atom is -0.477 e. The zero-order valence-electron chi connectivity index (χ0n) is 14.6. The molecule has 1 fully saturated rings. The van der Waals surface area contributed by atoms with Crippen molar-refractivity contribution in [3.05, 3.63) is 23.9 Å². The van der Waals surface area contributed by atoms with Crippen molar-refractivity contribution >= 4 is 11.8 Å². The minimum atomic E-state index is -0.0715. The molecular formula is C17H26N4O3. The van der Waals surface area contributed by atoms with Crippen molar-refractivity contribution < 1.29 is 14.3 Å². The number of aromatic nitrogens is 1. The molecule has 1 aromatic rings. The van der Waals surface area contributed by atoms with Gasteiger partial charge in [-0.3, -0.25) is 14.5 Å². The molecule has 1 aliphatic heterocycles. The van der Waals surface area contributed by atoms with Crippen LogP contribution in [0.5, 0.6) is 5.88 Å². The molecule has 0 unspecified atom stereocenters. The van der Waals surface area contributed by atoms with Gasteiger partial charge in [-0.1, -0.05) is 0 Å². The van der Waals surface area contributed by atoms with Gasteiger partial charge in [-0.25, -0.2) is 4.98 Å². The Bertz CT molecular complexity index is 569. The standard InChI is InChI=1S/C17H26N4O3/c1-4-24-16-14(6-5-7-18-16)17(23)21-10-8-20(9-11-21)12-15(22)19-13(2)3/h5-7,13H,4,8-12H2,1-3H3,(H,19,22). The number of nitrogens with zero attached hydrogens (tertiary/aromatic N) is 3. The quantitative estimate of drug-likeness (QED) is 0.831. The summed E-state index contributed by atoms with van der Waals surface area (Å²) in [7, 11) is 0. The second-order valence-corrected chi connectivity index (χ2v) is 6.08. The fraction of sp³-hybridized carbons (Fsp3) is 0.588. The number of ether oxygens (including phenoxy) is 1. The molecule has 2 heterocycles. The third-order valence-electron chi connectivity index (χ3n) is 3.76. The molecule has 7 heteroatoms. The molecule has 1 aliphatic rings. The summed E-state index contributed by atoms with van der Waals surface area (Å²) in [6, 6.07) is 3.62. The number of rotatable bonds is 6. The number of hydrogen-bond donors (Lipinski definition) is 1. The molecule has 0 bridgehead atoms. The summed E-state index contributed by atoms with van der Waals surface area (Å²) in [4.78, 5) is 32.5. The van der Waals surface area contributed by atoms with Crippen LogP contribution in [-0.2, 0) is 4.79 Å². The molecule has 1 N–H and O–H groups in total. The van der Waals surface area contributed by atoms with Crippen molar-refractivity contribution in [1.29, 1.82) is 0 Å². The third kappa shape index (κ3) is 4.92. The predicted octanol–water partition coefficient (Wildman–Crippen LogP) is 0.763. The summed E-state index contributed by atoms with van der Waals surface area (Å²) in [6.45, 7) is 9.14. The Morgan fingerprint density at radius 2 is 2.00 bits per heavy atom. The summed E-state index contributed by atoms with van der Waals surface area (Å²) in [5.41, 5.74) is 0.491. The zero-order valence-corrected chi connectivity index (χ0v) is 14.6. The van der Waals surface area contributed by atoms with E-state index in [1.807, 2.05) is 20.8 Å². The topological polar surface area (TPSA) is 74.8 Å². The van der Waals surface area contributed by atoms with Gasteiger partial charge in [0.25, 0.3) is 5.91 Å². The van der Waals surface area contributed by atoms with Crippen LogP contribution in [0.3, 0.4) is 0 Å². The van der Waals surface area contributed by atoms with Crippen LogP contribution in [0.1, 0.15) is 31.1 Å². The van der Waals surface area contributed by atoms with Crippen LogP contribution in [0.15, 0.2) is 18.3 Å². The van der Waals surface area contributed by atoms with E-state index in [9.17, 15) is 9.59 Å². The molecule has 1 aromatic heterocycles. The Hall–Kier alpha value is -2.15. The SMILES string of the molecule is CCOc1ncccc1C(=O)N1CCN(CC(=O)NC(C)C)CC1. The van der Waals surface area contributed by atoms with Crippen LogP contribution in [0.25, 0.3) is 0 Å². The van der Waals surface area contributed by atoms with Gasteiger partial charge in [0.05, 0.1) is 13.2 Å². The van der Waals surface area contributed by atoms with E-state index in [-0.39, 0.29) is 17.9 Å². The number of carbonyl (C=O) groups is 2. The van der Waals surface area contributed by atoms with Crippen LogP contribution in [0.4, 0.5) is 0 Å². The van der Waals surface area contributed by atoms with E-state index in [2.05, 4.69) is 15.2 Å². The van der Waals surface area contributed by atoms with Crippen LogP contribution >= 0.6 is 0 Å². The Morgan fingerprint density at radius 3 is 2.62 bits per heavy atom. The number of amides is 2. The fourth-order valence-corrected chi connectivity index (χ4v) is 2.66. The molecule has 0 spiro atoms. The molecule has 2 rings (SSSR count). The van der Waals surface area contributed by atoms with Gasteiger partial charge in [0.2, 0.25) is 11.8 Å². The number of pyridine rings is 1. The van der Waals surface area contributed by atoms with Crippen LogP contribution in [0, 0.1) is 0 Å². The summed E-state index contributed by atoms with van der Waals surface area (Å²) in [5, 5.41) is 2.89. The molecule has 2 amide bonds. The highest BCUT2D eigenvalue weighted by Gasteiger charge is 2.25. The number of piperazine rings is 1. The second kappa shape index (κ2) is 8.63. The smallest absolute Gasteiger partial charge is 0.259 e. The van der Waals surface area contributed by atoms with Crippen LogP contribution in [-0.4, -0.2) is 72.0 Å².